The van der Waals surface area contributed by atoms with E-state index < -0.39 is 16.0 Å². The fourth-order valence-electron chi connectivity index (χ4n) is 1.91. The van der Waals surface area contributed by atoms with Gasteiger partial charge in [-0.15, -0.1) is 0 Å². The van der Waals surface area contributed by atoms with Crippen LogP contribution in [0.1, 0.15) is 24.8 Å². The van der Waals surface area contributed by atoms with Gasteiger partial charge in [0.1, 0.15) is 0 Å². The third-order valence-corrected chi connectivity index (χ3v) is 4.93. The highest BCUT2D eigenvalue weighted by Crippen LogP contribution is 2.31. The Hall–Kier alpha value is -1.40. The number of rotatable bonds is 7. The third-order valence-electron chi connectivity index (χ3n) is 3.07. The summed E-state index contributed by atoms with van der Waals surface area (Å²) < 4.78 is 25.8. The number of carboxylic acids is 1. The van der Waals surface area contributed by atoms with E-state index in [1.165, 1.54) is 4.31 Å². The van der Waals surface area contributed by atoms with Gasteiger partial charge in [-0.2, -0.15) is 4.31 Å². The molecule has 0 atom stereocenters. The van der Waals surface area contributed by atoms with Gasteiger partial charge in [-0.05, 0) is 18.4 Å². The highest BCUT2D eigenvalue weighted by atomic mass is 32.2. The van der Waals surface area contributed by atoms with Gasteiger partial charge in [0, 0.05) is 12.6 Å². The van der Waals surface area contributed by atoms with Crippen molar-refractivity contribution in [3.8, 4) is 0 Å². The maximum atomic E-state index is 12.2. The largest absolute Gasteiger partial charge is 0.481 e. The number of nitrogens with zero attached hydrogens (tertiary/aromatic N) is 1. The van der Waals surface area contributed by atoms with Crippen LogP contribution in [0.2, 0.25) is 0 Å². The monoisotopic (exact) mass is 283 g/mol. The van der Waals surface area contributed by atoms with Crippen LogP contribution in [-0.4, -0.2) is 35.6 Å². The number of hydrogen-bond donors (Lipinski definition) is 1. The quantitative estimate of drug-likeness (QED) is 0.822. The van der Waals surface area contributed by atoms with Crippen LogP contribution < -0.4 is 0 Å². The van der Waals surface area contributed by atoms with Crippen LogP contribution >= 0.6 is 0 Å². The molecular formula is C13H17NO4S. The van der Waals surface area contributed by atoms with E-state index >= 15 is 0 Å². The van der Waals surface area contributed by atoms with Gasteiger partial charge >= 0.3 is 5.97 Å². The summed E-state index contributed by atoms with van der Waals surface area (Å²) in [5, 5.41) is 8.62. The Labute approximate surface area is 112 Å². The second-order valence-electron chi connectivity index (χ2n) is 4.72. The van der Waals surface area contributed by atoms with Crippen LogP contribution in [0.3, 0.4) is 0 Å². The number of benzene rings is 1. The van der Waals surface area contributed by atoms with Crippen molar-refractivity contribution in [2.24, 2.45) is 0 Å². The van der Waals surface area contributed by atoms with Gasteiger partial charge in [0.15, 0.2) is 0 Å². The minimum Gasteiger partial charge on any atom is -0.481 e. The number of hydrogen-bond acceptors (Lipinski definition) is 3. The third kappa shape index (κ3) is 4.04. The summed E-state index contributed by atoms with van der Waals surface area (Å²) in [6, 6.07) is 9.40. The lowest BCUT2D eigenvalue weighted by molar-refractivity contribution is -0.136. The summed E-state index contributed by atoms with van der Waals surface area (Å²) in [6.07, 6.45) is 1.37. The molecule has 0 spiro atoms. The molecule has 0 heterocycles. The Morgan fingerprint density at radius 1 is 1.26 bits per heavy atom. The predicted octanol–water partition coefficient (Wildman–Crippen LogP) is 1.46. The van der Waals surface area contributed by atoms with Gasteiger partial charge in [0.2, 0.25) is 10.0 Å². The summed E-state index contributed by atoms with van der Waals surface area (Å²) in [4.78, 5) is 10.5. The fourth-order valence-corrected chi connectivity index (χ4v) is 3.59. The Kier molecular flexibility index (Phi) is 4.21. The zero-order chi connectivity index (χ0) is 13.9. The average molecular weight is 283 g/mol. The molecule has 1 aliphatic rings. The molecule has 1 saturated carbocycles. The van der Waals surface area contributed by atoms with E-state index in [1.54, 1.807) is 0 Å². The molecule has 1 aromatic carbocycles. The van der Waals surface area contributed by atoms with Crippen LogP contribution in [0.5, 0.6) is 0 Å². The van der Waals surface area contributed by atoms with Crippen LogP contribution in [-0.2, 0) is 21.4 Å². The van der Waals surface area contributed by atoms with E-state index in [-0.39, 0.29) is 18.2 Å². The van der Waals surface area contributed by atoms with E-state index in [9.17, 15) is 13.2 Å². The van der Waals surface area contributed by atoms with Crippen molar-refractivity contribution in [2.45, 2.75) is 31.8 Å². The molecule has 6 heteroatoms. The molecule has 0 saturated heterocycles. The van der Waals surface area contributed by atoms with E-state index in [0.29, 0.717) is 6.54 Å². The van der Waals surface area contributed by atoms with Crippen LogP contribution in [0.15, 0.2) is 30.3 Å². The fraction of sp³-hybridized carbons (Fsp3) is 0.462. The van der Waals surface area contributed by atoms with Gasteiger partial charge in [-0.25, -0.2) is 8.42 Å². The smallest absolute Gasteiger partial charge is 0.304 e. The standard InChI is InChI=1S/C13H17NO4S/c15-13(16)8-9-19(17,18)14(12-6-7-12)10-11-4-2-1-3-5-11/h1-5,12H,6-10H2,(H,15,16). The lowest BCUT2D eigenvalue weighted by atomic mass is 10.2. The van der Waals surface area contributed by atoms with Crippen molar-refractivity contribution >= 4 is 16.0 Å². The summed E-state index contributed by atoms with van der Waals surface area (Å²) in [6.45, 7) is 0.327. The number of carbonyl (C=O) groups is 1. The van der Waals surface area contributed by atoms with E-state index in [0.717, 1.165) is 18.4 Å². The van der Waals surface area contributed by atoms with Crippen LogP contribution in [0.4, 0.5) is 0 Å². The van der Waals surface area contributed by atoms with Gasteiger partial charge in [-0.3, -0.25) is 4.79 Å². The maximum Gasteiger partial charge on any atom is 0.304 e. The highest BCUT2D eigenvalue weighted by Gasteiger charge is 2.37. The van der Waals surface area contributed by atoms with Gasteiger partial charge in [0.25, 0.3) is 0 Å². The topological polar surface area (TPSA) is 74.7 Å². The number of carboxylic acid groups (broad SMARTS) is 1. The second-order valence-corrected chi connectivity index (χ2v) is 6.76. The summed E-state index contributed by atoms with van der Waals surface area (Å²) >= 11 is 0. The SMILES string of the molecule is O=C(O)CCS(=O)(=O)N(Cc1ccccc1)C1CC1. The van der Waals surface area contributed by atoms with Gasteiger partial charge in [-0.1, -0.05) is 30.3 Å². The molecular weight excluding hydrogens is 266 g/mol. The number of aliphatic carboxylic acids is 1. The normalized spacial score (nSPS) is 15.6. The molecule has 0 unspecified atom stereocenters. The zero-order valence-corrected chi connectivity index (χ0v) is 11.3. The summed E-state index contributed by atoms with van der Waals surface area (Å²) in [5.74, 6) is -1.41. The molecule has 0 radical (unpaired) electrons. The molecule has 5 nitrogen and oxygen atoms in total. The minimum absolute atomic E-state index is 0.0407. The first-order valence-corrected chi connectivity index (χ1v) is 7.85. The molecule has 2 rings (SSSR count). The highest BCUT2D eigenvalue weighted by molar-refractivity contribution is 7.89. The van der Waals surface area contributed by atoms with Crippen molar-refractivity contribution in [2.75, 3.05) is 5.75 Å². The Morgan fingerprint density at radius 3 is 2.42 bits per heavy atom. The molecule has 1 aliphatic carbocycles. The molecule has 0 aliphatic heterocycles. The molecule has 1 fully saturated rings. The molecule has 19 heavy (non-hydrogen) atoms. The van der Waals surface area contributed by atoms with Crippen molar-refractivity contribution in [3.05, 3.63) is 35.9 Å². The summed E-state index contributed by atoms with van der Waals surface area (Å²) in [7, 11) is -3.50. The minimum atomic E-state index is -3.50. The van der Waals surface area contributed by atoms with Crippen molar-refractivity contribution in [3.63, 3.8) is 0 Å². The lowest BCUT2D eigenvalue weighted by Crippen LogP contribution is -2.35. The summed E-state index contributed by atoms with van der Waals surface area (Å²) in [5.41, 5.74) is 0.924. The molecule has 0 aromatic heterocycles. The Morgan fingerprint density at radius 2 is 1.89 bits per heavy atom. The molecule has 1 N–H and O–H groups in total. The second kappa shape index (κ2) is 5.71. The van der Waals surface area contributed by atoms with Crippen LogP contribution in [0.25, 0.3) is 0 Å². The lowest BCUT2D eigenvalue weighted by Gasteiger charge is -2.21. The molecule has 104 valence electrons. The first-order valence-electron chi connectivity index (χ1n) is 6.24. The van der Waals surface area contributed by atoms with Gasteiger partial charge in [0.05, 0.1) is 12.2 Å². The van der Waals surface area contributed by atoms with Crippen molar-refractivity contribution in [1.29, 1.82) is 0 Å². The van der Waals surface area contributed by atoms with Crippen molar-refractivity contribution in [1.82, 2.24) is 4.31 Å². The molecule has 0 bridgehead atoms. The molecule has 1 aromatic rings. The van der Waals surface area contributed by atoms with E-state index in [2.05, 4.69) is 0 Å². The first kappa shape index (κ1) is 14.0. The van der Waals surface area contributed by atoms with E-state index in [4.69, 9.17) is 5.11 Å². The van der Waals surface area contributed by atoms with Crippen LogP contribution in [0, 0.1) is 0 Å². The Bertz CT molecular complexity index is 537. The number of sulfonamides is 1. The predicted molar refractivity (Wildman–Crippen MR) is 71.0 cm³/mol. The van der Waals surface area contributed by atoms with Gasteiger partial charge < -0.3 is 5.11 Å². The average Bonchev–Trinajstić information content (AvgIpc) is 3.19. The van der Waals surface area contributed by atoms with E-state index in [1.807, 2.05) is 30.3 Å². The maximum absolute atomic E-state index is 12.2. The molecule has 0 amide bonds. The first-order chi connectivity index (χ1) is 8.99. The van der Waals surface area contributed by atoms with Crippen molar-refractivity contribution < 1.29 is 18.3 Å². The Balaban J connectivity index is 2.09. The zero-order valence-electron chi connectivity index (χ0n) is 10.5.